The maximum Gasteiger partial charge on any atom is 0.251 e. The fourth-order valence-electron chi connectivity index (χ4n) is 7.23. The quantitative estimate of drug-likeness (QED) is 0.258. The molecule has 7 rings (SSSR count). The molecule has 0 unspecified atom stereocenters. The van der Waals surface area contributed by atoms with Crippen LogP contribution in [0, 0.1) is 17.7 Å². The third-order valence-corrected chi connectivity index (χ3v) is 9.51. The van der Waals surface area contributed by atoms with Gasteiger partial charge in [-0.3, -0.25) is 9.59 Å². The van der Waals surface area contributed by atoms with Crippen molar-refractivity contribution in [2.75, 3.05) is 26.2 Å². The molecule has 2 heterocycles. The van der Waals surface area contributed by atoms with Crippen molar-refractivity contribution < 1.29 is 18.5 Å². The van der Waals surface area contributed by atoms with E-state index in [9.17, 15) is 14.0 Å². The number of hydrogen-bond acceptors (Lipinski definition) is 5. The van der Waals surface area contributed by atoms with Gasteiger partial charge in [-0.2, -0.15) is 0 Å². The van der Waals surface area contributed by atoms with Crippen molar-refractivity contribution in [3.63, 3.8) is 0 Å². The highest BCUT2D eigenvalue weighted by Crippen LogP contribution is 2.37. The van der Waals surface area contributed by atoms with E-state index in [-0.39, 0.29) is 17.5 Å². The summed E-state index contributed by atoms with van der Waals surface area (Å²) in [7, 11) is 0. The molecule has 0 spiro atoms. The summed E-state index contributed by atoms with van der Waals surface area (Å²) >= 11 is 0. The molecule has 3 aromatic carbocycles. The number of carbonyl (C=O) groups excluding carboxylic acids is 2. The van der Waals surface area contributed by atoms with Crippen LogP contribution < -0.4 is 5.32 Å². The fraction of sp³-hybridized carbons (Fsp3) is 0.382. The van der Waals surface area contributed by atoms with Crippen LogP contribution in [-0.2, 0) is 0 Å². The topological polar surface area (TPSA) is 75.4 Å². The van der Waals surface area contributed by atoms with Crippen molar-refractivity contribution in [3.8, 4) is 11.1 Å². The molecule has 1 aromatic heterocycles. The van der Waals surface area contributed by atoms with Gasteiger partial charge >= 0.3 is 0 Å². The molecular formula is C34H34FN3O3. The van der Waals surface area contributed by atoms with Crippen molar-refractivity contribution in [2.45, 2.75) is 44.4 Å². The lowest BCUT2D eigenvalue weighted by atomic mass is 9.78. The number of rotatable bonds is 6. The second-order valence-corrected chi connectivity index (χ2v) is 11.9. The number of hydrogen-bond donors (Lipinski definition) is 1. The van der Waals surface area contributed by atoms with Gasteiger partial charge in [0.15, 0.2) is 11.4 Å². The van der Waals surface area contributed by atoms with Crippen LogP contribution in [0.3, 0.4) is 0 Å². The lowest BCUT2D eigenvalue weighted by Crippen LogP contribution is -2.42. The summed E-state index contributed by atoms with van der Waals surface area (Å²) < 4.78 is 19.0. The normalized spacial score (nSPS) is 21.1. The number of ketones is 1. The molecule has 1 amide bonds. The Balaban J connectivity index is 0.952. The molecule has 0 radical (unpaired) electrons. The smallest absolute Gasteiger partial charge is 0.251 e. The molecule has 6 nitrogen and oxygen atoms in total. The highest BCUT2D eigenvalue weighted by molar-refractivity contribution is 6.22. The Morgan fingerprint density at radius 3 is 2.49 bits per heavy atom. The number of likely N-dealkylation sites (tertiary alicyclic amines) is 1. The summed E-state index contributed by atoms with van der Waals surface area (Å²) in [6, 6.07) is 17.8. The Morgan fingerprint density at radius 2 is 1.66 bits per heavy atom. The fourth-order valence-corrected chi connectivity index (χ4v) is 7.23. The molecule has 41 heavy (non-hydrogen) atoms. The number of halogens is 1. The highest BCUT2D eigenvalue weighted by atomic mass is 19.1. The number of nitrogens with zero attached hydrogens (tertiary/aromatic N) is 2. The second kappa shape index (κ2) is 10.9. The number of nitrogens with one attached hydrogen (secondary N) is 1. The highest BCUT2D eigenvalue weighted by Gasteiger charge is 2.31. The number of benzene rings is 3. The average molecular weight is 552 g/mol. The largest absolute Gasteiger partial charge is 0.356 e. The standard InChI is InChI=1S/C34H34FN3O3/c35-25-10-12-29-31(18-25)41-37-32(29)21-13-15-38(16-14-21)20-24-6-2-1-5-23(24)19-36-34(40)22-9-11-27-26-7-3-4-8-28(26)33(39)30(27)17-22/h3-4,7-12,17-18,21,23-24H,1-2,5-6,13-16,19-20H2,(H,36,40)/t23-,24-/m0/s1. The first-order chi connectivity index (χ1) is 20.0. The van der Waals surface area contributed by atoms with E-state index in [2.05, 4.69) is 15.4 Å². The minimum atomic E-state index is -0.304. The van der Waals surface area contributed by atoms with Crippen LogP contribution in [0.25, 0.3) is 22.1 Å². The number of aromatic nitrogens is 1. The van der Waals surface area contributed by atoms with Crippen LogP contribution in [-0.4, -0.2) is 47.9 Å². The molecule has 7 heteroatoms. The molecule has 0 bridgehead atoms. The maximum atomic E-state index is 13.6. The van der Waals surface area contributed by atoms with E-state index in [1.165, 1.54) is 31.4 Å². The lowest BCUT2D eigenvalue weighted by molar-refractivity contribution is 0.0912. The molecule has 1 aliphatic heterocycles. The molecule has 2 fully saturated rings. The summed E-state index contributed by atoms with van der Waals surface area (Å²) in [5, 5.41) is 8.41. The monoisotopic (exact) mass is 551 g/mol. The zero-order valence-electron chi connectivity index (χ0n) is 23.1. The molecule has 1 saturated carbocycles. The number of fused-ring (bicyclic) bond motifs is 4. The van der Waals surface area contributed by atoms with Crippen molar-refractivity contribution in [2.24, 2.45) is 11.8 Å². The molecule has 1 N–H and O–H groups in total. The Labute approximate surface area is 238 Å². The molecule has 2 aliphatic carbocycles. The van der Waals surface area contributed by atoms with Gasteiger partial charge in [-0.1, -0.05) is 48.3 Å². The van der Waals surface area contributed by atoms with E-state index < -0.39 is 0 Å². The minimum Gasteiger partial charge on any atom is -0.356 e. The summed E-state index contributed by atoms with van der Waals surface area (Å²) in [5.74, 6) is 0.897. The van der Waals surface area contributed by atoms with Crippen molar-refractivity contribution in [1.29, 1.82) is 0 Å². The van der Waals surface area contributed by atoms with E-state index in [1.54, 1.807) is 12.1 Å². The number of piperidine rings is 1. The molecule has 4 aromatic rings. The van der Waals surface area contributed by atoms with Crippen molar-refractivity contribution in [3.05, 3.63) is 88.9 Å². The van der Waals surface area contributed by atoms with Crippen LogP contribution in [0.1, 0.15) is 76.4 Å². The summed E-state index contributed by atoms with van der Waals surface area (Å²) in [5.41, 5.74) is 5.19. The van der Waals surface area contributed by atoms with Gasteiger partial charge in [0, 0.05) is 47.2 Å². The SMILES string of the molecule is O=C(NC[C@@H]1CCCC[C@H]1CN1CCC(c2noc3cc(F)ccc23)CC1)c1ccc2c(c1)C(=O)c1ccccc1-2. The predicted molar refractivity (Wildman–Crippen MR) is 155 cm³/mol. The van der Waals surface area contributed by atoms with E-state index in [0.29, 0.717) is 46.6 Å². The average Bonchev–Trinajstić information content (AvgIpc) is 3.55. The summed E-state index contributed by atoms with van der Waals surface area (Å²) in [6.45, 7) is 3.71. The predicted octanol–water partition coefficient (Wildman–Crippen LogP) is 6.59. The van der Waals surface area contributed by atoms with E-state index in [0.717, 1.165) is 61.1 Å². The first-order valence-electron chi connectivity index (χ1n) is 14.9. The Kier molecular flexibility index (Phi) is 6.91. The second-order valence-electron chi connectivity index (χ2n) is 11.9. The zero-order chi connectivity index (χ0) is 27.9. The maximum absolute atomic E-state index is 13.6. The Morgan fingerprint density at radius 1 is 0.902 bits per heavy atom. The van der Waals surface area contributed by atoms with Crippen LogP contribution in [0.5, 0.6) is 0 Å². The number of carbonyl (C=O) groups is 2. The van der Waals surface area contributed by atoms with Gasteiger partial charge in [-0.15, -0.1) is 0 Å². The third-order valence-electron chi connectivity index (χ3n) is 9.51. The first kappa shape index (κ1) is 26.1. The van der Waals surface area contributed by atoms with E-state index in [1.807, 2.05) is 36.4 Å². The Hall–Kier alpha value is -3.84. The lowest BCUT2D eigenvalue weighted by Gasteiger charge is -2.38. The van der Waals surface area contributed by atoms with E-state index >= 15 is 0 Å². The number of amides is 1. The minimum absolute atomic E-state index is 0.00741. The summed E-state index contributed by atoms with van der Waals surface area (Å²) in [6.07, 6.45) is 6.76. The van der Waals surface area contributed by atoms with Gasteiger partial charge in [0.05, 0.1) is 5.69 Å². The molecule has 3 aliphatic rings. The van der Waals surface area contributed by atoms with Crippen molar-refractivity contribution in [1.82, 2.24) is 15.4 Å². The van der Waals surface area contributed by atoms with Gasteiger partial charge < -0.3 is 14.7 Å². The van der Waals surface area contributed by atoms with Gasteiger partial charge in [0.25, 0.3) is 5.91 Å². The Bertz CT molecular complexity index is 1620. The molecular weight excluding hydrogens is 517 g/mol. The van der Waals surface area contributed by atoms with Crippen LogP contribution in [0.15, 0.2) is 65.2 Å². The molecule has 2 atom stereocenters. The van der Waals surface area contributed by atoms with Crippen LogP contribution in [0.2, 0.25) is 0 Å². The van der Waals surface area contributed by atoms with Gasteiger partial charge in [-0.05, 0) is 86.0 Å². The summed E-state index contributed by atoms with van der Waals surface area (Å²) in [4.78, 5) is 28.6. The van der Waals surface area contributed by atoms with E-state index in [4.69, 9.17) is 4.52 Å². The molecule has 1 saturated heterocycles. The van der Waals surface area contributed by atoms with Gasteiger partial charge in [0.1, 0.15) is 5.82 Å². The third kappa shape index (κ3) is 4.97. The van der Waals surface area contributed by atoms with Crippen molar-refractivity contribution >= 4 is 22.7 Å². The molecule has 210 valence electrons. The first-order valence-corrected chi connectivity index (χ1v) is 14.9. The zero-order valence-corrected chi connectivity index (χ0v) is 23.1. The van der Waals surface area contributed by atoms with Crippen LogP contribution in [0.4, 0.5) is 4.39 Å². The van der Waals surface area contributed by atoms with Gasteiger partial charge in [0.2, 0.25) is 0 Å². The van der Waals surface area contributed by atoms with Crippen LogP contribution >= 0.6 is 0 Å². The van der Waals surface area contributed by atoms with Gasteiger partial charge in [-0.25, -0.2) is 4.39 Å².